The van der Waals surface area contributed by atoms with E-state index in [0.29, 0.717) is 11.6 Å². The van der Waals surface area contributed by atoms with Crippen LogP contribution in [0.3, 0.4) is 0 Å². The predicted octanol–water partition coefficient (Wildman–Crippen LogP) is 3.40. The van der Waals surface area contributed by atoms with Crippen molar-refractivity contribution in [3.8, 4) is 5.75 Å². The van der Waals surface area contributed by atoms with Gasteiger partial charge >= 0.3 is 0 Å². The van der Waals surface area contributed by atoms with E-state index in [9.17, 15) is 0 Å². The summed E-state index contributed by atoms with van der Waals surface area (Å²) in [5, 5.41) is 0.697. The van der Waals surface area contributed by atoms with Crippen LogP contribution in [0.5, 0.6) is 5.75 Å². The van der Waals surface area contributed by atoms with E-state index in [0.717, 1.165) is 16.2 Å². The van der Waals surface area contributed by atoms with Crippen molar-refractivity contribution in [2.75, 3.05) is 0 Å². The van der Waals surface area contributed by atoms with Crippen LogP contribution in [0.25, 0.3) is 0 Å². The lowest BCUT2D eigenvalue weighted by molar-refractivity contribution is 0.297. The van der Waals surface area contributed by atoms with Gasteiger partial charge in [0.05, 0.1) is 6.20 Å². The molecular formula is C10H8BrClN2O. The topological polar surface area (TPSA) is 37.9 Å². The number of hydrogen-bond donors (Lipinski definition) is 1. The molecule has 2 aromatic rings. The third kappa shape index (κ3) is 2.97. The Labute approximate surface area is 101 Å². The van der Waals surface area contributed by atoms with Crippen molar-refractivity contribution in [2.45, 2.75) is 6.61 Å². The van der Waals surface area contributed by atoms with Gasteiger partial charge < -0.3 is 9.72 Å². The summed E-state index contributed by atoms with van der Waals surface area (Å²) in [6.45, 7) is 0.410. The maximum Gasteiger partial charge on any atom is 0.146 e. The van der Waals surface area contributed by atoms with Gasteiger partial charge in [0.1, 0.15) is 22.8 Å². The van der Waals surface area contributed by atoms with Crippen LogP contribution in [0.4, 0.5) is 0 Å². The minimum atomic E-state index is 0.410. The number of nitrogens with zero attached hydrogens (tertiary/aromatic N) is 1. The second kappa shape index (κ2) is 4.68. The first-order valence-electron chi connectivity index (χ1n) is 4.32. The zero-order valence-electron chi connectivity index (χ0n) is 7.71. The van der Waals surface area contributed by atoms with Crippen molar-refractivity contribution in [2.24, 2.45) is 0 Å². The number of H-pyrrole nitrogens is 1. The molecule has 0 unspecified atom stereocenters. The third-order valence-electron chi connectivity index (χ3n) is 1.79. The smallest absolute Gasteiger partial charge is 0.146 e. The molecule has 5 heteroatoms. The molecule has 0 radical (unpaired) electrons. The first-order chi connectivity index (χ1) is 7.24. The zero-order valence-corrected chi connectivity index (χ0v) is 10.0. The number of benzene rings is 1. The predicted molar refractivity (Wildman–Crippen MR) is 62.1 cm³/mol. The van der Waals surface area contributed by atoms with E-state index in [-0.39, 0.29) is 0 Å². The van der Waals surface area contributed by atoms with Crippen molar-refractivity contribution in [1.29, 1.82) is 0 Å². The number of halogens is 2. The van der Waals surface area contributed by atoms with Gasteiger partial charge in [-0.15, -0.1) is 0 Å². The minimum Gasteiger partial charge on any atom is -0.486 e. The Hall–Kier alpha value is -1.00. The fourth-order valence-electron chi connectivity index (χ4n) is 1.09. The molecule has 2 rings (SSSR count). The second-order valence-electron chi connectivity index (χ2n) is 2.92. The molecule has 0 fully saturated rings. The Kier molecular flexibility index (Phi) is 3.28. The average molecular weight is 288 g/mol. The SMILES string of the molecule is Clc1ccc(OCc2ncc(Br)[nH]2)cc1. The Balaban J connectivity index is 1.96. The molecule has 78 valence electrons. The lowest BCUT2D eigenvalue weighted by Crippen LogP contribution is -1.96. The number of rotatable bonds is 3. The van der Waals surface area contributed by atoms with Gasteiger partial charge in [0.2, 0.25) is 0 Å². The zero-order chi connectivity index (χ0) is 10.7. The van der Waals surface area contributed by atoms with Crippen LogP contribution in [0.15, 0.2) is 35.1 Å². The van der Waals surface area contributed by atoms with E-state index in [2.05, 4.69) is 25.9 Å². The summed E-state index contributed by atoms with van der Waals surface area (Å²) in [6.07, 6.45) is 1.69. The summed E-state index contributed by atoms with van der Waals surface area (Å²) in [4.78, 5) is 7.11. The molecule has 1 N–H and O–H groups in total. The average Bonchev–Trinajstić information content (AvgIpc) is 2.64. The molecule has 15 heavy (non-hydrogen) atoms. The Morgan fingerprint density at radius 2 is 2.07 bits per heavy atom. The summed E-state index contributed by atoms with van der Waals surface area (Å²) in [5.74, 6) is 1.55. The van der Waals surface area contributed by atoms with Gasteiger partial charge in [-0.2, -0.15) is 0 Å². The number of nitrogens with one attached hydrogen (secondary N) is 1. The fourth-order valence-corrected chi connectivity index (χ4v) is 1.55. The van der Waals surface area contributed by atoms with Gasteiger partial charge in [0, 0.05) is 5.02 Å². The van der Waals surface area contributed by atoms with E-state index in [1.165, 1.54) is 0 Å². The van der Waals surface area contributed by atoms with Gasteiger partial charge in [-0.25, -0.2) is 4.98 Å². The highest BCUT2D eigenvalue weighted by Crippen LogP contribution is 2.16. The minimum absolute atomic E-state index is 0.410. The molecule has 1 aromatic heterocycles. The van der Waals surface area contributed by atoms with Crippen LogP contribution in [-0.4, -0.2) is 9.97 Å². The van der Waals surface area contributed by atoms with Crippen LogP contribution >= 0.6 is 27.5 Å². The van der Waals surface area contributed by atoms with Crippen molar-refractivity contribution in [1.82, 2.24) is 9.97 Å². The summed E-state index contributed by atoms with van der Waals surface area (Å²) in [7, 11) is 0. The summed E-state index contributed by atoms with van der Waals surface area (Å²) < 4.78 is 6.33. The highest BCUT2D eigenvalue weighted by Gasteiger charge is 1.99. The van der Waals surface area contributed by atoms with Crippen molar-refractivity contribution >= 4 is 27.5 Å². The lowest BCUT2D eigenvalue weighted by Gasteiger charge is -2.03. The van der Waals surface area contributed by atoms with Crippen LogP contribution in [0.1, 0.15) is 5.82 Å². The molecule has 0 aliphatic carbocycles. The molecule has 1 heterocycles. The number of imidazole rings is 1. The normalized spacial score (nSPS) is 10.3. The van der Waals surface area contributed by atoms with Crippen molar-refractivity contribution in [3.05, 3.63) is 45.9 Å². The van der Waals surface area contributed by atoms with Crippen LogP contribution in [0, 0.1) is 0 Å². The van der Waals surface area contributed by atoms with E-state index in [1.54, 1.807) is 18.3 Å². The van der Waals surface area contributed by atoms with E-state index in [4.69, 9.17) is 16.3 Å². The number of hydrogen-bond acceptors (Lipinski definition) is 2. The number of ether oxygens (including phenoxy) is 1. The molecule has 0 saturated heterocycles. The van der Waals surface area contributed by atoms with Crippen LogP contribution < -0.4 is 4.74 Å². The molecular weight excluding hydrogens is 279 g/mol. The van der Waals surface area contributed by atoms with Crippen LogP contribution in [0.2, 0.25) is 5.02 Å². The lowest BCUT2D eigenvalue weighted by atomic mass is 10.3. The second-order valence-corrected chi connectivity index (χ2v) is 4.21. The molecule has 0 amide bonds. The van der Waals surface area contributed by atoms with Gasteiger partial charge in [-0.1, -0.05) is 11.6 Å². The number of aromatic nitrogens is 2. The fraction of sp³-hybridized carbons (Fsp3) is 0.100. The Bertz CT molecular complexity index is 441. The molecule has 0 atom stereocenters. The standard InChI is InChI=1S/C10H8BrClN2O/c11-9-5-13-10(14-9)6-15-8-3-1-7(12)2-4-8/h1-5H,6H2,(H,13,14). The summed E-state index contributed by atoms with van der Waals surface area (Å²) in [5.41, 5.74) is 0. The summed E-state index contributed by atoms with van der Waals surface area (Å²) in [6, 6.07) is 7.21. The van der Waals surface area contributed by atoms with E-state index >= 15 is 0 Å². The maximum absolute atomic E-state index is 5.75. The van der Waals surface area contributed by atoms with Gasteiger partial charge in [0.15, 0.2) is 0 Å². The molecule has 0 aliphatic heterocycles. The summed E-state index contributed by atoms with van der Waals surface area (Å²) >= 11 is 9.03. The molecule has 0 spiro atoms. The molecule has 1 aromatic carbocycles. The highest BCUT2D eigenvalue weighted by atomic mass is 79.9. The maximum atomic E-state index is 5.75. The van der Waals surface area contributed by atoms with Gasteiger partial charge in [-0.05, 0) is 40.2 Å². The molecule has 0 bridgehead atoms. The van der Waals surface area contributed by atoms with Crippen LogP contribution in [-0.2, 0) is 6.61 Å². The Morgan fingerprint density at radius 1 is 1.33 bits per heavy atom. The Morgan fingerprint density at radius 3 is 2.67 bits per heavy atom. The largest absolute Gasteiger partial charge is 0.486 e. The molecule has 3 nitrogen and oxygen atoms in total. The molecule has 0 saturated carbocycles. The van der Waals surface area contributed by atoms with Gasteiger partial charge in [0.25, 0.3) is 0 Å². The van der Waals surface area contributed by atoms with E-state index < -0.39 is 0 Å². The first kappa shape index (κ1) is 10.5. The monoisotopic (exact) mass is 286 g/mol. The highest BCUT2D eigenvalue weighted by molar-refractivity contribution is 9.10. The third-order valence-corrected chi connectivity index (χ3v) is 2.44. The quantitative estimate of drug-likeness (QED) is 0.939. The van der Waals surface area contributed by atoms with E-state index in [1.807, 2.05) is 12.1 Å². The van der Waals surface area contributed by atoms with Gasteiger partial charge in [-0.3, -0.25) is 0 Å². The first-order valence-corrected chi connectivity index (χ1v) is 5.49. The number of aromatic amines is 1. The molecule has 0 aliphatic rings. The van der Waals surface area contributed by atoms with Crippen molar-refractivity contribution in [3.63, 3.8) is 0 Å². The van der Waals surface area contributed by atoms with Crippen molar-refractivity contribution < 1.29 is 4.74 Å².